The number of rotatable bonds is 3. The maximum Gasteiger partial charge on any atom is 0.232 e. The summed E-state index contributed by atoms with van der Waals surface area (Å²) in [4.78, 5) is 27.9. The number of amides is 1. The lowest BCUT2D eigenvalue weighted by molar-refractivity contribution is -0.119. The molecule has 2 aliphatic rings. The van der Waals surface area contributed by atoms with Crippen molar-refractivity contribution in [3.63, 3.8) is 0 Å². The van der Waals surface area contributed by atoms with Gasteiger partial charge in [0, 0.05) is 35.7 Å². The fraction of sp³-hybridized carbons (Fsp3) is 0.304. The molecule has 0 N–H and O–H groups in total. The Kier molecular flexibility index (Phi) is 5.31. The van der Waals surface area contributed by atoms with E-state index in [0.29, 0.717) is 22.9 Å². The Labute approximate surface area is 174 Å². The molecule has 1 atom stereocenters. The Morgan fingerprint density at radius 3 is 2.50 bits per heavy atom. The van der Waals surface area contributed by atoms with Crippen LogP contribution in [0.25, 0.3) is 0 Å². The van der Waals surface area contributed by atoms with Crippen LogP contribution >= 0.6 is 23.2 Å². The standard InChI is InChI=1S/C23H21Cl2NO2/c1-2-14-9-11-15(12-10-14)26-19-7-4-8-20(27)22(19)17(13-21(26)28)16-5-3-6-18(24)23(16)25/h3,5-6,9-12,17H,2,4,7-8,13H2,1H3. The topological polar surface area (TPSA) is 37.4 Å². The number of carbonyl (C=O) groups is 2. The lowest BCUT2D eigenvalue weighted by Gasteiger charge is -2.38. The van der Waals surface area contributed by atoms with E-state index in [2.05, 4.69) is 6.92 Å². The lowest BCUT2D eigenvalue weighted by atomic mass is 9.77. The first-order chi connectivity index (χ1) is 13.5. The van der Waals surface area contributed by atoms with Crippen molar-refractivity contribution in [2.24, 2.45) is 0 Å². The van der Waals surface area contributed by atoms with E-state index in [1.165, 1.54) is 5.56 Å². The molecule has 2 aromatic carbocycles. The molecule has 4 rings (SSSR count). The zero-order chi connectivity index (χ0) is 19.8. The van der Waals surface area contributed by atoms with E-state index < -0.39 is 0 Å². The van der Waals surface area contributed by atoms with Gasteiger partial charge in [0.2, 0.25) is 5.91 Å². The molecule has 0 spiro atoms. The Balaban J connectivity index is 1.85. The fourth-order valence-corrected chi connectivity index (χ4v) is 4.67. The first-order valence-electron chi connectivity index (χ1n) is 9.63. The van der Waals surface area contributed by atoms with Crippen molar-refractivity contribution in [3.05, 3.63) is 74.9 Å². The van der Waals surface area contributed by atoms with Crippen molar-refractivity contribution in [2.45, 2.75) is 44.9 Å². The van der Waals surface area contributed by atoms with E-state index >= 15 is 0 Å². The van der Waals surface area contributed by atoms with Gasteiger partial charge in [0.25, 0.3) is 0 Å². The molecule has 1 amide bonds. The number of hydrogen-bond donors (Lipinski definition) is 0. The van der Waals surface area contributed by atoms with Gasteiger partial charge in [-0.25, -0.2) is 0 Å². The molecule has 1 aliphatic heterocycles. The normalized spacial score (nSPS) is 19.8. The van der Waals surface area contributed by atoms with Crippen molar-refractivity contribution >= 4 is 40.6 Å². The number of ketones is 1. The number of benzene rings is 2. The summed E-state index contributed by atoms with van der Waals surface area (Å²) in [5, 5.41) is 0.863. The third kappa shape index (κ3) is 3.27. The van der Waals surface area contributed by atoms with Crippen LogP contribution in [0.4, 0.5) is 5.69 Å². The number of allylic oxidation sites excluding steroid dienone is 2. The number of nitrogens with zero attached hydrogens (tertiary/aromatic N) is 1. The fourth-order valence-electron chi connectivity index (χ4n) is 4.23. The molecular formula is C23H21Cl2NO2. The van der Waals surface area contributed by atoms with Gasteiger partial charge in [-0.2, -0.15) is 0 Å². The van der Waals surface area contributed by atoms with E-state index in [9.17, 15) is 9.59 Å². The average Bonchev–Trinajstić information content (AvgIpc) is 2.70. The molecule has 28 heavy (non-hydrogen) atoms. The molecule has 0 bridgehead atoms. The van der Waals surface area contributed by atoms with Gasteiger partial charge in [0.1, 0.15) is 0 Å². The van der Waals surface area contributed by atoms with Crippen molar-refractivity contribution in [1.29, 1.82) is 0 Å². The Morgan fingerprint density at radius 1 is 1.04 bits per heavy atom. The maximum absolute atomic E-state index is 13.2. The summed E-state index contributed by atoms with van der Waals surface area (Å²) >= 11 is 12.7. The summed E-state index contributed by atoms with van der Waals surface area (Å²) in [6.45, 7) is 2.10. The molecule has 0 radical (unpaired) electrons. The Hall–Kier alpha value is -2.10. The van der Waals surface area contributed by atoms with Gasteiger partial charge in [0.05, 0.1) is 10.0 Å². The SMILES string of the molecule is CCc1ccc(N2C(=O)CC(c3cccc(Cl)c3Cl)C3=C2CCCC3=O)cc1. The van der Waals surface area contributed by atoms with Crippen LogP contribution in [0, 0.1) is 0 Å². The van der Waals surface area contributed by atoms with Gasteiger partial charge in [-0.3, -0.25) is 14.5 Å². The number of anilines is 1. The summed E-state index contributed by atoms with van der Waals surface area (Å²) < 4.78 is 0. The van der Waals surface area contributed by atoms with Crippen LogP contribution in [0.5, 0.6) is 0 Å². The van der Waals surface area contributed by atoms with E-state index in [4.69, 9.17) is 23.2 Å². The van der Waals surface area contributed by atoms with Crippen LogP contribution in [-0.4, -0.2) is 11.7 Å². The lowest BCUT2D eigenvalue weighted by Crippen LogP contribution is -2.40. The van der Waals surface area contributed by atoms with Crippen LogP contribution in [0.15, 0.2) is 53.7 Å². The molecule has 144 valence electrons. The third-order valence-electron chi connectivity index (χ3n) is 5.63. The highest BCUT2D eigenvalue weighted by molar-refractivity contribution is 6.42. The van der Waals surface area contributed by atoms with E-state index in [1.54, 1.807) is 11.0 Å². The second-order valence-electron chi connectivity index (χ2n) is 7.29. The van der Waals surface area contributed by atoms with Gasteiger partial charge in [-0.15, -0.1) is 0 Å². The predicted molar refractivity (Wildman–Crippen MR) is 113 cm³/mol. The highest BCUT2D eigenvalue weighted by Crippen LogP contribution is 2.45. The van der Waals surface area contributed by atoms with Crippen LogP contribution < -0.4 is 4.90 Å². The molecular weight excluding hydrogens is 393 g/mol. The van der Waals surface area contributed by atoms with Crippen LogP contribution in [0.1, 0.15) is 49.7 Å². The molecule has 0 aromatic heterocycles. The molecule has 0 saturated heterocycles. The van der Waals surface area contributed by atoms with Crippen LogP contribution in [-0.2, 0) is 16.0 Å². The minimum atomic E-state index is -0.340. The summed E-state index contributed by atoms with van der Waals surface area (Å²) in [7, 11) is 0. The molecule has 1 aliphatic carbocycles. The monoisotopic (exact) mass is 413 g/mol. The number of hydrogen-bond acceptors (Lipinski definition) is 2. The van der Waals surface area contributed by atoms with Gasteiger partial charge >= 0.3 is 0 Å². The number of Topliss-reactive ketones (excluding diaryl/α,β-unsaturated/α-hetero) is 1. The Bertz CT molecular complexity index is 979. The quantitative estimate of drug-likeness (QED) is 0.610. The third-order valence-corrected chi connectivity index (χ3v) is 6.47. The minimum absolute atomic E-state index is 0.0151. The average molecular weight is 414 g/mol. The van der Waals surface area contributed by atoms with E-state index in [-0.39, 0.29) is 24.0 Å². The van der Waals surface area contributed by atoms with Gasteiger partial charge in [-0.1, -0.05) is 54.4 Å². The molecule has 0 fully saturated rings. The van der Waals surface area contributed by atoms with Crippen molar-refractivity contribution in [2.75, 3.05) is 4.90 Å². The van der Waals surface area contributed by atoms with Crippen LogP contribution in [0.2, 0.25) is 10.0 Å². The molecule has 5 heteroatoms. The van der Waals surface area contributed by atoms with Gasteiger partial charge in [-0.05, 0) is 48.6 Å². The van der Waals surface area contributed by atoms with Gasteiger partial charge < -0.3 is 0 Å². The van der Waals surface area contributed by atoms with E-state index in [1.807, 2.05) is 36.4 Å². The molecule has 3 nitrogen and oxygen atoms in total. The highest BCUT2D eigenvalue weighted by Gasteiger charge is 2.40. The summed E-state index contributed by atoms with van der Waals surface area (Å²) in [5.41, 5.74) is 4.32. The molecule has 2 aromatic rings. The zero-order valence-corrected chi connectivity index (χ0v) is 17.2. The predicted octanol–water partition coefficient (Wildman–Crippen LogP) is 6.08. The molecule has 1 heterocycles. The smallest absolute Gasteiger partial charge is 0.232 e. The summed E-state index contributed by atoms with van der Waals surface area (Å²) in [6, 6.07) is 13.4. The van der Waals surface area contributed by atoms with Crippen molar-refractivity contribution < 1.29 is 9.59 Å². The summed E-state index contributed by atoms with van der Waals surface area (Å²) in [6.07, 6.45) is 3.11. The first kappa shape index (κ1) is 19.2. The Morgan fingerprint density at radius 2 is 1.79 bits per heavy atom. The second kappa shape index (κ2) is 7.73. The zero-order valence-electron chi connectivity index (χ0n) is 15.7. The largest absolute Gasteiger partial charge is 0.294 e. The first-order valence-corrected chi connectivity index (χ1v) is 10.4. The summed E-state index contributed by atoms with van der Waals surface area (Å²) in [5.74, 6) is -0.253. The second-order valence-corrected chi connectivity index (χ2v) is 8.07. The van der Waals surface area contributed by atoms with Crippen molar-refractivity contribution in [3.8, 4) is 0 Å². The number of aryl methyl sites for hydroxylation is 1. The van der Waals surface area contributed by atoms with Crippen LogP contribution in [0.3, 0.4) is 0 Å². The van der Waals surface area contributed by atoms with Gasteiger partial charge in [0.15, 0.2) is 5.78 Å². The van der Waals surface area contributed by atoms with E-state index in [0.717, 1.165) is 35.4 Å². The van der Waals surface area contributed by atoms with Crippen molar-refractivity contribution in [1.82, 2.24) is 0 Å². The molecule has 1 unspecified atom stereocenters. The number of halogens is 2. The maximum atomic E-state index is 13.2. The highest BCUT2D eigenvalue weighted by atomic mass is 35.5. The number of carbonyl (C=O) groups excluding carboxylic acids is 2. The molecule has 0 saturated carbocycles. The minimum Gasteiger partial charge on any atom is -0.294 e.